The molecule has 0 atom stereocenters. The van der Waals surface area contributed by atoms with Crippen LogP contribution in [0.25, 0.3) is 10.2 Å². The number of aromatic nitrogens is 2. The summed E-state index contributed by atoms with van der Waals surface area (Å²) in [5.41, 5.74) is 3.58. The zero-order valence-corrected chi connectivity index (χ0v) is 21.2. The van der Waals surface area contributed by atoms with Crippen LogP contribution in [0.1, 0.15) is 30.7 Å². The van der Waals surface area contributed by atoms with Gasteiger partial charge in [0.25, 0.3) is 0 Å². The molecule has 3 heterocycles. The van der Waals surface area contributed by atoms with Gasteiger partial charge >= 0.3 is 0 Å². The molecular weight excluding hydrogens is 486 g/mol. The number of allylic oxidation sites excluding steroid dienone is 5. The van der Waals surface area contributed by atoms with E-state index in [1.165, 1.54) is 16.0 Å². The van der Waals surface area contributed by atoms with Crippen LogP contribution < -0.4 is 10.6 Å². The van der Waals surface area contributed by atoms with Gasteiger partial charge in [-0.3, -0.25) is 4.79 Å². The highest BCUT2D eigenvalue weighted by atomic mass is 79.9. The van der Waals surface area contributed by atoms with Crippen molar-refractivity contribution in [2.45, 2.75) is 33.2 Å². The molecule has 2 aromatic rings. The third-order valence-corrected chi connectivity index (χ3v) is 6.96. The van der Waals surface area contributed by atoms with Crippen LogP contribution in [-0.4, -0.2) is 46.2 Å². The number of nitrogens with zero attached hydrogens (tertiary/aromatic N) is 3. The molecule has 1 aliphatic heterocycles. The highest BCUT2D eigenvalue weighted by molar-refractivity contribution is 9.09. The molecule has 1 aliphatic carbocycles. The van der Waals surface area contributed by atoms with Crippen molar-refractivity contribution in [1.29, 1.82) is 0 Å². The normalized spacial score (nSPS) is 15.6. The first-order valence-electron chi connectivity index (χ1n) is 10.9. The van der Waals surface area contributed by atoms with Crippen molar-refractivity contribution in [3.8, 4) is 0 Å². The van der Waals surface area contributed by atoms with Crippen LogP contribution in [0.3, 0.4) is 0 Å². The molecule has 0 saturated heterocycles. The van der Waals surface area contributed by atoms with Crippen molar-refractivity contribution >= 4 is 49.2 Å². The van der Waals surface area contributed by atoms with Gasteiger partial charge in [0, 0.05) is 35.1 Å². The molecule has 170 valence electrons. The molecule has 0 unspecified atom stereocenters. The first-order chi connectivity index (χ1) is 15.7. The Morgan fingerprint density at radius 2 is 2.19 bits per heavy atom. The van der Waals surface area contributed by atoms with Gasteiger partial charge in [0.1, 0.15) is 17.0 Å². The largest absolute Gasteiger partial charge is 0.340 e. The van der Waals surface area contributed by atoms with E-state index < -0.39 is 0 Å². The second-order valence-corrected chi connectivity index (χ2v) is 8.84. The second-order valence-electron chi connectivity index (χ2n) is 7.19. The predicted molar refractivity (Wildman–Crippen MR) is 138 cm³/mol. The lowest BCUT2D eigenvalue weighted by Gasteiger charge is -2.26. The van der Waals surface area contributed by atoms with Gasteiger partial charge in [-0.2, -0.15) is 0 Å². The highest BCUT2D eigenvalue weighted by Gasteiger charge is 2.25. The van der Waals surface area contributed by atoms with Gasteiger partial charge in [-0.05, 0) is 37.6 Å². The number of carbonyl (C=O) groups is 1. The quantitative estimate of drug-likeness (QED) is 0.420. The molecular formula is C24H30BrN5OS. The number of thiophene rings is 1. The Balaban J connectivity index is 0.00000141. The topological polar surface area (TPSA) is 70.2 Å². The van der Waals surface area contributed by atoms with Crippen molar-refractivity contribution in [3.63, 3.8) is 0 Å². The molecule has 2 aromatic heterocycles. The minimum atomic E-state index is 0.0561. The summed E-state index contributed by atoms with van der Waals surface area (Å²) in [6.45, 7) is 6.02. The van der Waals surface area contributed by atoms with Crippen molar-refractivity contribution in [2.24, 2.45) is 0 Å². The van der Waals surface area contributed by atoms with Crippen molar-refractivity contribution < 1.29 is 4.79 Å². The van der Waals surface area contributed by atoms with Crippen LogP contribution >= 0.6 is 27.3 Å². The fraction of sp³-hybridized carbons (Fsp3) is 0.375. The molecule has 6 nitrogen and oxygen atoms in total. The minimum absolute atomic E-state index is 0.0561. The van der Waals surface area contributed by atoms with E-state index in [9.17, 15) is 4.79 Å². The number of hydrogen-bond acceptors (Lipinski definition) is 6. The Morgan fingerprint density at radius 3 is 2.97 bits per heavy atom. The average Bonchev–Trinajstić information content (AvgIpc) is 3.05. The van der Waals surface area contributed by atoms with Crippen molar-refractivity contribution in [3.05, 3.63) is 64.5 Å². The molecule has 0 saturated carbocycles. The summed E-state index contributed by atoms with van der Waals surface area (Å²) in [6, 6.07) is 0. The molecule has 2 aliphatic rings. The lowest BCUT2D eigenvalue weighted by atomic mass is 10.0. The summed E-state index contributed by atoms with van der Waals surface area (Å²) in [6.07, 6.45) is 15.3. The van der Waals surface area contributed by atoms with E-state index in [1.54, 1.807) is 23.7 Å². The Hall–Kier alpha value is -2.29. The fourth-order valence-corrected chi connectivity index (χ4v) is 5.21. The number of hydrogen-bond donors (Lipinski definition) is 2. The van der Waals surface area contributed by atoms with E-state index in [1.807, 2.05) is 31.9 Å². The number of fused-ring (bicyclic) bond motifs is 3. The summed E-state index contributed by atoms with van der Waals surface area (Å²) < 4.78 is 0. The van der Waals surface area contributed by atoms with Gasteiger partial charge in [0.2, 0.25) is 5.91 Å². The fourth-order valence-electron chi connectivity index (χ4n) is 3.62. The summed E-state index contributed by atoms with van der Waals surface area (Å²) in [4.78, 5) is 25.6. The van der Waals surface area contributed by atoms with E-state index >= 15 is 0 Å². The average molecular weight is 517 g/mol. The number of halogens is 1. The molecule has 0 bridgehead atoms. The maximum atomic E-state index is 12.5. The smallest absolute Gasteiger partial charge is 0.246 e. The Morgan fingerprint density at radius 1 is 1.34 bits per heavy atom. The van der Waals surface area contributed by atoms with Gasteiger partial charge in [-0.1, -0.05) is 53.6 Å². The first kappa shape index (κ1) is 24.4. The summed E-state index contributed by atoms with van der Waals surface area (Å²) in [5, 5.41) is 8.44. The number of amides is 1. The molecule has 1 amide bonds. The van der Waals surface area contributed by atoms with E-state index in [-0.39, 0.29) is 5.91 Å². The van der Waals surface area contributed by atoms with Gasteiger partial charge in [-0.25, -0.2) is 9.97 Å². The van der Waals surface area contributed by atoms with Crippen LogP contribution in [-0.2, 0) is 17.8 Å². The lowest BCUT2D eigenvalue weighted by molar-refractivity contribution is -0.126. The number of nitrogens with one attached hydrogen (secondary N) is 2. The van der Waals surface area contributed by atoms with E-state index in [2.05, 4.69) is 60.8 Å². The maximum Gasteiger partial charge on any atom is 0.246 e. The van der Waals surface area contributed by atoms with Gasteiger partial charge < -0.3 is 15.5 Å². The van der Waals surface area contributed by atoms with E-state index in [0.717, 1.165) is 39.9 Å². The van der Waals surface area contributed by atoms with E-state index in [4.69, 9.17) is 0 Å². The summed E-state index contributed by atoms with van der Waals surface area (Å²) in [5.74, 6) is 0.888. The predicted octanol–water partition coefficient (Wildman–Crippen LogP) is 4.95. The highest BCUT2D eigenvalue weighted by Crippen LogP contribution is 2.37. The maximum absolute atomic E-state index is 12.5. The standard InChI is InChI=1S/C22H24BrN5OS.C2H6/c1-24-9-4-7-19(29)28-10-8-17-18(13-28)30-22-20(17)21(25-14-26-22)27-16-6-3-2-5-15(11-16)12-23;1-2/h2-4,6-7,11,14,24H,5,8-10,12-13H2,1H3,(H,25,26,27);1-2H3/b7-4+;. The van der Waals surface area contributed by atoms with Crippen molar-refractivity contribution in [1.82, 2.24) is 20.2 Å². The molecule has 0 aromatic carbocycles. The van der Waals surface area contributed by atoms with Crippen molar-refractivity contribution in [2.75, 3.05) is 30.8 Å². The number of rotatable bonds is 6. The number of carbonyl (C=O) groups excluding carboxylic acids is 1. The van der Waals surface area contributed by atoms with Gasteiger partial charge in [0.15, 0.2) is 0 Å². The monoisotopic (exact) mass is 515 g/mol. The number of anilines is 1. The zero-order valence-electron chi connectivity index (χ0n) is 18.8. The first-order valence-corrected chi connectivity index (χ1v) is 12.9. The van der Waals surface area contributed by atoms with Crippen LogP contribution in [0.5, 0.6) is 0 Å². The minimum Gasteiger partial charge on any atom is -0.340 e. The van der Waals surface area contributed by atoms with Crippen LogP contribution in [0, 0.1) is 0 Å². The van der Waals surface area contributed by atoms with Gasteiger partial charge in [0.05, 0.1) is 11.9 Å². The van der Waals surface area contributed by atoms with Gasteiger partial charge in [-0.15, -0.1) is 11.3 Å². The molecule has 4 rings (SSSR count). The molecule has 0 radical (unpaired) electrons. The SMILES string of the molecule is CC.CNC/C=C/C(=O)N1CCc2c(sc3ncnc(NC4=CC=CCC(CBr)=C4)c23)C1. The molecule has 32 heavy (non-hydrogen) atoms. The van der Waals surface area contributed by atoms with E-state index in [0.29, 0.717) is 19.6 Å². The van der Waals surface area contributed by atoms with Crippen LogP contribution in [0.4, 0.5) is 5.82 Å². The second kappa shape index (κ2) is 12.1. The lowest BCUT2D eigenvalue weighted by Crippen LogP contribution is -2.34. The molecule has 0 fully saturated rings. The third kappa shape index (κ3) is 5.74. The summed E-state index contributed by atoms with van der Waals surface area (Å²) in [7, 11) is 1.86. The Bertz CT molecular complexity index is 1070. The molecule has 2 N–H and O–H groups in total. The zero-order chi connectivity index (χ0) is 22.9. The molecule has 0 spiro atoms. The third-order valence-electron chi connectivity index (χ3n) is 5.12. The number of likely N-dealkylation sites (N-methyl/N-ethyl adjacent to an activating group) is 1. The Labute approximate surface area is 202 Å². The van der Waals surface area contributed by atoms with Crippen LogP contribution in [0.2, 0.25) is 0 Å². The number of alkyl halides is 1. The Kier molecular flexibility index (Phi) is 9.20. The van der Waals surface area contributed by atoms with Crippen LogP contribution in [0.15, 0.2) is 54.1 Å². The molecule has 8 heteroatoms. The summed E-state index contributed by atoms with van der Waals surface area (Å²) >= 11 is 5.21.